The molecule has 4 rings (SSSR count). The lowest BCUT2D eigenvalue weighted by Gasteiger charge is -2.43. The molecule has 0 saturated heterocycles. The van der Waals surface area contributed by atoms with Gasteiger partial charge in [0.1, 0.15) is 24.2 Å². The minimum atomic E-state index is -3.79. The number of benzene rings is 4. The first kappa shape index (κ1) is 62.1. The number of hydrogen-bond donors (Lipinski definition) is 0. The van der Waals surface area contributed by atoms with Crippen molar-refractivity contribution in [1.29, 1.82) is 0 Å². The lowest BCUT2D eigenvalue weighted by atomic mass is 9.80. The van der Waals surface area contributed by atoms with Crippen LogP contribution in [0.15, 0.2) is 127 Å². The van der Waals surface area contributed by atoms with E-state index in [0.717, 1.165) is 58.0 Å². The smallest absolute Gasteiger partial charge is 0.264 e. The van der Waals surface area contributed by atoms with Crippen LogP contribution in [0.4, 0.5) is 0 Å². The van der Waals surface area contributed by atoms with Crippen molar-refractivity contribution in [3.63, 3.8) is 0 Å². The van der Waals surface area contributed by atoms with Crippen LogP contribution >= 0.6 is 0 Å². The predicted molar refractivity (Wildman–Crippen MR) is 304 cm³/mol. The molecule has 0 fully saturated rings. The van der Waals surface area contributed by atoms with Gasteiger partial charge in [0, 0.05) is 13.7 Å². The van der Waals surface area contributed by atoms with Crippen LogP contribution in [-0.2, 0) is 54.3 Å². The standard InChI is InChI=1S/C60H92O10SSi2/c1-15-72(16-2,17-3)70-59(44-67-60(53-27-21-18-22-28-53,54-29-23-19-24-30-54)55-31-25-20-26-32-55)58(66-43-51-33-36-56(64-13)37-34-51)40-52(42-65-45-63-12)35-38-57(69-71(14,61)62)39-49(10)50(11)41-68-73(46(4)5,47(6)7)48(8)9/h18-34,36-37,40,46-50,57-59H,15-17,35,38-39,41-45H2,1-14H3/b52-40+/t49-,50-,57?,58-,59-/m0/s1. The van der Waals surface area contributed by atoms with Crippen molar-refractivity contribution in [2.24, 2.45) is 11.8 Å². The first-order valence-electron chi connectivity index (χ1n) is 26.8. The van der Waals surface area contributed by atoms with Crippen LogP contribution in [0, 0.1) is 11.8 Å². The quantitative estimate of drug-likeness (QED) is 0.0110. The summed E-state index contributed by atoms with van der Waals surface area (Å²) in [7, 11) is -5.00. The van der Waals surface area contributed by atoms with E-state index in [9.17, 15) is 8.42 Å². The molecule has 4 aromatic rings. The van der Waals surface area contributed by atoms with Gasteiger partial charge in [0.15, 0.2) is 16.6 Å². The van der Waals surface area contributed by atoms with E-state index < -0.39 is 50.7 Å². The fourth-order valence-corrected chi connectivity index (χ4v) is 19.8. The highest BCUT2D eigenvalue weighted by Gasteiger charge is 2.46. The average molecular weight is 1060 g/mol. The summed E-state index contributed by atoms with van der Waals surface area (Å²) in [5.74, 6) is 1.05. The maximum Gasteiger partial charge on any atom is 0.264 e. The number of ether oxygens (including phenoxy) is 5. The molecular weight excluding hydrogens is 969 g/mol. The van der Waals surface area contributed by atoms with Crippen molar-refractivity contribution < 1.29 is 45.1 Å². The van der Waals surface area contributed by atoms with Crippen LogP contribution in [0.1, 0.15) is 118 Å². The molecule has 0 saturated carbocycles. The highest BCUT2D eigenvalue weighted by molar-refractivity contribution is 7.86. The Morgan fingerprint density at radius 3 is 1.62 bits per heavy atom. The van der Waals surface area contributed by atoms with Crippen molar-refractivity contribution >= 4 is 26.8 Å². The Balaban J connectivity index is 1.84. The average Bonchev–Trinajstić information content (AvgIpc) is 3.38. The molecule has 13 heteroatoms. The summed E-state index contributed by atoms with van der Waals surface area (Å²) in [4.78, 5) is 0. The Morgan fingerprint density at radius 2 is 1.18 bits per heavy atom. The van der Waals surface area contributed by atoms with Gasteiger partial charge in [-0.2, -0.15) is 8.42 Å². The van der Waals surface area contributed by atoms with E-state index >= 15 is 0 Å². The third kappa shape index (κ3) is 17.8. The summed E-state index contributed by atoms with van der Waals surface area (Å²) in [6.07, 6.45) is 2.93. The Hall–Kier alpha value is -3.48. The van der Waals surface area contributed by atoms with Gasteiger partial charge in [0.25, 0.3) is 10.1 Å². The molecule has 0 spiro atoms. The SMILES string of the molecule is CC[Si](CC)(CC)O[C@@H](COC(c1ccccc1)(c1ccccc1)c1ccccc1)[C@H](/C=C(\CCC(C[C@H](C)[C@@H](C)CO[Si](C(C)C)(C(C)C)C(C)C)OS(C)(=O)=O)COCOC)OCc1ccc(OC)cc1. The fourth-order valence-electron chi connectivity index (χ4n) is 10.7. The molecule has 0 aliphatic carbocycles. The van der Waals surface area contributed by atoms with Gasteiger partial charge in [-0.25, -0.2) is 0 Å². The second-order valence-corrected chi connectivity index (χ2v) is 32.8. The molecule has 0 aliphatic rings. The molecule has 4 aromatic carbocycles. The minimum absolute atomic E-state index is 0.0782. The van der Waals surface area contributed by atoms with Crippen molar-refractivity contribution in [3.8, 4) is 5.75 Å². The molecule has 5 atom stereocenters. The predicted octanol–water partition coefficient (Wildman–Crippen LogP) is 14.5. The molecule has 73 heavy (non-hydrogen) atoms. The van der Waals surface area contributed by atoms with E-state index in [0.29, 0.717) is 42.5 Å². The van der Waals surface area contributed by atoms with Crippen LogP contribution < -0.4 is 4.74 Å². The summed E-state index contributed by atoms with van der Waals surface area (Å²) in [5, 5.41) is 0. The van der Waals surface area contributed by atoms with Gasteiger partial charge >= 0.3 is 0 Å². The molecular formula is C60H92O10SSi2. The van der Waals surface area contributed by atoms with E-state index in [2.05, 4.69) is 155 Å². The summed E-state index contributed by atoms with van der Waals surface area (Å²) >= 11 is 0. The maximum atomic E-state index is 13.0. The van der Waals surface area contributed by atoms with Crippen molar-refractivity contribution in [2.45, 2.75) is 161 Å². The molecule has 0 radical (unpaired) electrons. The molecule has 0 bridgehead atoms. The van der Waals surface area contributed by atoms with Crippen LogP contribution in [0.25, 0.3) is 0 Å². The van der Waals surface area contributed by atoms with E-state index in [4.69, 9.17) is 36.7 Å². The van der Waals surface area contributed by atoms with Crippen LogP contribution in [-0.4, -0.2) is 90.5 Å². The first-order chi connectivity index (χ1) is 34.8. The molecule has 0 heterocycles. The zero-order valence-electron chi connectivity index (χ0n) is 46.9. The Bertz CT molecular complexity index is 2150. The van der Waals surface area contributed by atoms with E-state index in [1.807, 2.05) is 42.5 Å². The zero-order valence-corrected chi connectivity index (χ0v) is 49.8. The van der Waals surface area contributed by atoms with Gasteiger partial charge in [-0.3, -0.25) is 4.18 Å². The first-order valence-corrected chi connectivity index (χ1v) is 33.3. The largest absolute Gasteiger partial charge is 0.497 e. The van der Waals surface area contributed by atoms with E-state index in [-0.39, 0.29) is 38.4 Å². The Morgan fingerprint density at radius 1 is 0.671 bits per heavy atom. The fraction of sp³-hybridized carbons (Fsp3) is 0.567. The summed E-state index contributed by atoms with van der Waals surface area (Å²) in [6.45, 7) is 26.3. The number of rotatable bonds is 35. The van der Waals surface area contributed by atoms with Crippen molar-refractivity contribution in [3.05, 3.63) is 149 Å². The molecule has 0 amide bonds. The third-order valence-corrected chi connectivity index (χ3v) is 26.6. The third-order valence-electron chi connectivity index (χ3n) is 15.2. The maximum absolute atomic E-state index is 13.0. The zero-order chi connectivity index (χ0) is 53.7. The second kappa shape index (κ2) is 30.3. The highest BCUT2D eigenvalue weighted by Crippen LogP contribution is 2.44. The van der Waals surface area contributed by atoms with E-state index in [1.165, 1.54) is 0 Å². The van der Waals surface area contributed by atoms with Crippen LogP contribution in [0.3, 0.4) is 0 Å². The van der Waals surface area contributed by atoms with Crippen molar-refractivity contribution in [1.82, 2.24) is 0 Å². The molecule has 0 aliphatic heterocycles. The lowest BCUT2D eigenvalue weighted by Crippen LogP contribution is -2.48. The minimum Gasteiger partial charge on any atom is -0.497 e. The Labute approximate surface area is 444 Å². The molecule has 0 N–H and O–H groups in total. The van der Waals surface area contributed by atoms with Gasteiger partial charge in [0.05, 0.1) is 45.4 Å². The molecule has 10 nitrogen and oxygen atoms in total. The van der Waals surface area contributed by atoms with Gasteiger partial charge < -0.3 is 32.5 Å². The Kier molecular flexibility index (Phi) is 25.8. The molecule has 1 unspecified atom stereocenters. The van der Waals surface area contributed by atoms with Gasteiger partial charge in [0.2, 0.25) is 0 Å². The van der Waals surface area contributed by atoms with Gasteiger partial charge in [-0.05, 0) is 106 Å². The van der Waals surface area contributed by atoms with Crippen molar-refractivity contribution in [2.75, 3.05) is 47.1 Å². The van der Waals surface area contributed by atoms with Crippen LogP contribution in [0.5, 0.6) is 5.75 Å². The number of methoxy groups -OCH3 is 2. The normalized spacial score (nSPS) is 15.2. The molecule has 406 valence electrons. The van der Waals surface area contributed by atoms with Gasteiger partial charge in [-0.1, -0.05) is 185 Å². The summed E-state index contributed by atoms with van der Waals surface area (Å²) in [6, 6.07) is 41.8. The monoisotopic (exact) mass is 1060 g/mol. The summed E-state index contributed by atoms with van der Waals surface area (Å²) in [5.41, 5.74) is 5.24. The summed E-state index contributed by atoms with van der Waals surface area (Å²) < 4.78 is 78.3. The van der Waals surface area contributed by atoms with Crippen LogP contribution in [0.2, 0.25) is 34.8 Å². The highest BCUT2D eigenvalue weighted by atomic mass is 32.2. The second-order valence-electron chi connectivity index (χ2n) is 21.0. The van der Waals surface area contributed by atoms with Gasteiger partial charge in [-0.15, -0.1) is 0 Å². The lowest BCUT2D eigenvalue weighted by molar-refractivity contribution is -0.0828. The molecule has 0 aromatic heterocycles. The van der Waals surface area contributed by atoms with E-state index in [1.54, 1.807) is 14.2 Å². The number of hydrogen-bond acceptors (Lipinski definition) is 10. The topological polar surface area (TPSA) is 108 Å².